The summed E-state index contributed by atoms with van der Waals surface area (Å²) in [6.45, 7) is 4.99. The van der Waals surface area contributed by atoms with Crippen molar-refractivity contribution in [3.8, 4) is 5.75 Å². The van der Waals surface area contributed by atoms with E-state index in [9.17, 15) is 0 Å². The number of benzene rings is 2. The molecule has 0 spiro atoms. The average molecular weight is 225 g/mol. The largest absolute Gasteiger partial charge is 0.488 e. The van der Waals surface area contributed by atoms with Gasteiger partial charge in [0.15, 0.2) is 0 Å². The van der Waals surface area contributed by atoms with E-state index in [1.54, 1.807) is 0 Å². The van der Waals surface area contributed by atoms with Gasteiger partial charge < -0.3 is 10.1 Å². The summed E-state index contributed by atoms with van der Waals surface area (Å²) in [4.78, 5) is 0. The van der Waals surface area contributed by atoms with Crippen molar-refractivity contribution in [2.75, 3.05) is 5.32 Å². The second-order valence-electron chi connectivity index (χ2n) is 4.50. The summed E-state index contributed by atoms with van der Waals surface area (Å²) >= 11 is 0. The van der Waals surface area contributed by atoms with Gasteiger partial charge in [-0.2, -0.15) is 0 Å². The van der Waals surface area contributed by atoms with Gasteiger partial charge in [0.25, 0.3) is 0 Å². The average Bonchev–Trinajstić information content (AvgIpc) is 2.27. The molecule has 3 rings (SSSR count). The predicted octanol–water partition coefficient (Wildman–Crippen LogP) is 3.94. The van der Waals surface area contributed by atoms with E-state index in [0.717, 1.165) is 18.0 Å². The summed E-state index contributed by atoms with van der Waals surface area (Å²) < 4.78 is 5.38. The fraction of sp³-hybridized carbons (Fsp3) is 0.200. The summed E-state index contributed by atoms with van der Waals surface area (Å²) in [6, 6.07) is 12.6. The standard InChI is InChI=1S/C15H15NO/c1-10-4-3-5-11(2)15(10)16-13-7-6-12-9-17-14(12)8-13/h3-8,16H,9H2,1-2H3. The molecule has 0 bridgehead atoms. The highest BCUT2D eigenvalue weighted by molar-refractivity contribution is 5.68. The molecule has 0 atom stereocenters. The monoisotopic (exact) mass is 225 g/mol. The lowest BCUT2D eigenvalue weighted by molar-refractivity contribution is 0.243. The van der Waals surface area contributed by atoms with E-state index in [2.05, 4.69) is 55.6 Å². The fourth-order valence-corrected chi connectivity index (χ4v) is 2.12. The third kappa shape index (κ3) is 1.76. The van der Waals surface area contributed by atoms with Crippen LogP contribution >= 0.6 is 0 Å². The molecule has 86 valence electrons. The molecule has 2 aromatic carbocycles. The van der Waals surface area contributed by atoms with Crippen molar-refractivity contribution in [2.45, 2.75) is 20.5 Å². The lowest BCUT2D eigenvalue weighted by atomic mass is 10.1. The zero-order valence-corrected chi connectivity index (χ0v) is 10.1. The van der Waals surface area contributed by atoms with E-state index in [4.69, 9.17) is 4.74 Å². The van der Waals surface area contributed by atoms with Crippen LogP contribution in [-0.4, -0.2) is 0 Å². The first kappa shape index (κ1) is 10.2. The van der Waals surface area contributed by atoms with Gasteiger partial charge in [-0.3, -0.25) is 0 Å². The Morgan fingerprint density at radius 1 is 1.06 bits per heavy atom. The first-order valence-corrected chi connectivity index (χ1v) is 5.83. The maximum atomic E-state index is 5.38. The van der Waals surface area contributed by atoms with E-state index in [1.807, 2.05) is 0 Å². The predicted molar refractivity (Wildman–Crippen MR) is 70.0 cm³/mol. The van der Waals surface area contributed by atoms with Crippen LogP contribution in [0.1, 0.15) is 16.7 Å². The Hall–Kier alpha value is -1.96. The quantitative estimate of drug-likeness (QED) is 0.835. The zero-order valence-electron chi connectivity index (χ0n) is 10.1. The Morgan fingerprint density at radius 2 is 1.82 bits per heavy atom. The van der Waals surface area contributed by atoms with Crippen molar-refractivity contribution < 1.29 is 4.74 Å². The lowest BCUT2D eigenvalue weighted by Crippen LogP contribution is -2.09. The third-order valence-corrected chi connectivity index (χ3v) is 3.20. The number of hydrogen-bond donors (Lipinski definition) is 1. The molecule has 0 fully saturated rings. The van der Waals surface area contributed by atoms with Crippen molar-refractivity contribution in [1.82, 2.24) is 0 Å². The van der Waals surface area contributed by atoms with Crippen molar-refractivity contribution >= 4 is 11.4 Å². The zero-order chi connectivity index (χ0) is 11.8. The first-order chi connectivity index (χ1) is 8.24. The summed E-state index contributed by atoms with van der Waals surface area (Å²) in [5.74, 6) is 1.00. The molecule has 0 aliphatic carbocycles. The maximum Gasteiger partial charge on any atom is 0.128 e. The number of para-hydroxylation sites is 1. The topological polar surface area (TPSA) is 21.3 Å². The number of fused-ring (bicyclic) bond motifs is 1. The number of ether oxygens (including phenoxy) is 1. The minimum Gasteiger partial charge on any atom is -0.488 e. The minimum atomic E-state index is 0.749. The third-order valence-electron chi connectivity index (χ3n) is 3.20. The molecule has 0 amide bonds. The van der Waals surface area contributed by atoms with E-state index < -0.39 is 0 Å². The van der Waals surface area contributed by atoms with E-state index >= 15 is 0 Å². The van der Waals surface area contributed by atoms with E-state index in [0.29, 0.717) is 0 Å². The highest BCUT2D eigenvalue weighted by Crippen LogP contribution is 2.33. The molecule has 0 saturated heterocycles. The van der Waals surface area contributed by atoms with E-state index in [-0.39, 0.29) is 0 Å². The number of rotatable bonds is 2. The fourth-order valence-electron chi connectivity index (χ4n) is 2.12. The molecule has 2 heteroatoms. The van der Waals surface area contributed by atoms with Crippen LogP contribution in [0.4, 0.5) is 11.4 Å². The molecule has 0 aromatic heterocycles. The van der Waals surface area contributed by atoms with Crippen LogP contribution in [0, 0.1) is 13.8 Å². The van der Waals surface area contributed by atoms with Gasteiger partial charge in [0.05, 0.1) is 0 Å². The first-order valence-electron chi connectivity index (χ1n) is 5.83. The van der Waals surface area contributed by atoms with Crippen LogP contribution in [0.2, 0.25) is 0 Å². The molecule has 0 unspecified atom stereocenters. The highest BCUT2D eigenvalue weighted by Gasteiger charge is 2.14. The molecule has 0 radical (unpaired) electrons. The molecule has 1 N–H and O–H groups in total. The number of nitrogens with one attached hydrogen (secondary N) is 1. The van der Waals surface area contributed by atoms with Gasteiger partial charge >= 0.3 is 0 Å². The Balaban J connectivity index is 1.93. The van der Waals surface area contributed by atoms with Gasteiger partial charge in [-0.15, -0.1) is 0 Å². The summed E-state index contributed by atoms with van der Waals surface area (Å²) in [5.41, 5.74) is 6.08. The summed E-state index contributed by atoms with van der Waals surface area (Å²) in [5, 5.41) is 3.46. The van der Waals surface area contributed by atoms with Crippen LogP contribution in [0.5, 0.6) is 5.75 Å². The SMILES string of the molecule is Cc1cccc(C)c1Nc1ccc2c(c1)OC2. The molecular formula is C15H15NO. The number of hydrogen-bond acceptors (Lipinski definition) is 2. The number of anilines is 2. The van der Waals surface area contributed by atoms with Crippen LogP contribution < -0.4 is 10.1 Å². The van der Waals surface area contributed by atoms with E-state index in [1.165, 1.54) is 22.4 Å². The molecule has 2 nitrogen and oxygen atoms in total. The van der Waals surface area contributed by atoms with Crippen LogP contribution in [0.25, 0.3) is 0 Å². The molecule has 0 saturated carbocycles. The highest BCUT2D eigenvalue weighted by atomic mass is 16.5. The molecule has 17 heavy (non-hydrogen) atoms. The maximum absolute atomic E-state index is 5.38. The normalized spacial score (nSPS) is 12.4. The molecule has 1 heterocycles. The second-order valence-corrected chi connectivity index (χ2v) is 4.50. The minimum absolute atomic E-state index is 0.749. The second kappa shape index (κ2) is 3.81. The lowest BCUT2D eigenvalue weighted by Gasteiger charge is -2.21. The Morgan fingerprint density at radius 3 is 2.41 bits per heavy atom. The molecule has 1 aliphatic heterocycles. The number of aryl methyl sites for hydroxylation is 2. The van der Waals surface area contributed by atoms with Crippen molar-refractivity contribution in [3.05, 3.63) is 53.1 Å². The van der Waals surface area contributed by atoms with Crippen LogP contribution in [0.15, 0.2) is 36.4 Å². The van der Waals surface area contributed by atoms with Gasteiger partial charge in [0.2, 0.25) is 0 Å². The Kier molecular flexibility index (Phi) is 2.29. The molecule has 2 aromatic rings. The molecular weight excluding hydrogens is 210 g/mol. The van der Waals surface area contributed by atoms with Gasteiger partial charge in [-0.25, -0.2) is 0 Å². The van der Waals surface area contributed by atoms with Gasteiger partial charge in [0.1, 0.15) is 12.4 Å². The Bertz CT molecular complexity index is 555. The summed E-state index contributed by atoms with van der Waals surface area (Å²) in [6.07, 6.45) is 0. The molecule has 1 aliphatic rings. The Labute approximate surface area is 101 Å². The van der Waals surface area contributed by atoms with Gasteiger partial charge in [-0.05, 0) is 37.1 Å². The van der Waals surface area contributed by atoms with Crippen molar-refractivity contribution in [3.63, 3.8) is 0 Å². The van der Waals surface area contributed by atoms with Crippen LogP contribution in [-0.2, 0) is 6.61 Å². The van der Waals surface area contributed by atoms with Crippen LogP contribution in [0.3, 0.4) is 0 Å². The smallest absolute Gasteiger partial charge is 0.128 e. The van der Waals surface area contributed by atoms with Gasteiger partial charge in [-0.1, -0.05) is 18.2 Å². The van der Waals surface area contributed by atoms with Crippen molar-refractivity contribution in [1.29, 1.82) is 0 Å². The van der Waals surface area contributed by atoms with Gasteiger partial charge in [0, 0.05) is 23.0 Å². The summed E-state index contributed by atoms with van der Waals surface area (Å²) in [7, 11) is 0. The van der Waals surface area contributed by atoms with Crippen molar-refractivity contribution in [2.24, 2.45) is 0 Å².